The zero-order valence-electron chi connectivity index (χ0n) is 38.4. The van der Waals surface area contributed by atoms with Gasteiger partial charge in [-0.3, -0.25) is 4.98 Å². The Bertz CT molecular complexity index is 3020. The molecule has 0 spiro atoms. The van der Waals surface area contributed by atoms with Crippen LogP contribution in [-0.2, 0) is 20.1 Å². The van der Waals surface area contributed by atoms with Crippen LogP contribution in [0.4, 0.5) is 0 Å². The summed E-state index contributed by atoms with van der Waals surface area (Å²) in [7, 11) is 0. The minimum Gasteiger partial charge on any atom is 0 e. The molecular formula is C57H58GeIrN4O-2. The molecule has 5 nitrogen and oxygen atoms in total. The van der Waals surface area contributed by atoms with Gasteiger partial charge in [0.05, 0.1) is 22.4 Å². The average Bonchev–Trinajstić information content (AvgIpc) is 3.87. The smallest absolute Gasteiger partial charge is 0 e. The van der Waals surface area contributed by atoms with E-state index in [0.717, 1.165) is 61.6 Å². The van der Waals surface area contributed by atoms with Crippen LogP contribution in [0.1, 0.15) is 99.9 Å². The second-order valence-electron chi connectivity index (χ2n) is 19.0. The fraction of sp³-hybridized carbons (Fsp3) is 0.281. The predicted molar refractivity (Wildman–Crippen MR) is 266 cm³/mol. The summed E-state index contributed by atoms with van der Waals surface area (Å²) >= 11 is -1.89. The van der Waals surface area contributed by atoms with Crippen molar-refractivity contribution in [2.45, 2.75) is 102 Å². The van der Waals surface area contributed by atoms with Crippen molar-refractivity contribution < 1.29 is 24.5 Å². The van der Waals surface area contributed by atoms with E-state index >= 15 is 0 Å². The Morgan fingerprint density at radius 3 is 2.09 bits per heavy atom. The van der Waals surface area contributed by atoms with Crippen molar-refractivity contribution in [2.24, 2.45) is 0 Å². The van der Waals surface area contributed by atoms with Crippen molar-refractivity contribution in [2.75, 3.05) is 0 Å². The Labute approximate surface area is 395 Å². The van der Waals surface area contributed by atoms with Crippen LogP contribution < -0.4 is 4.40 Å². The summed E-state index contributed by atoms with van der Waals surface area (Å²) < 4.78 is 10.4. The number of aromatic nitrogens is 4. The summed E-state index contributed by atoms with van der Waals surface area (Å²) in [5, 5.41) is 2.02. The zero-order chi connectivity index (χ0) is 43.8. The van der Waals surface area contributed by atoms with Gasteiger partial charge in [-0.15, -0.1) is 18.2 Å². The average molecular weight is 1080 g/mol. The predicted octanol–water partition coefficient (Wildman–Crippen LogP) is 15.1. The summed E-state index contributed by atoms with van der Waals surface area (Å²) in [6.07, 6.45) is 9.08. The number of para-hydroxylation sites is 2. The van der Waals surface area contributed by atoms with E-state index in [2.05, 4.69) is 164 Å². The van der Waals surface area contributed by atoms with Gasteiger partial charge in [0.1, 0.15) is 0 Å². The maximum atomic E-state index is 6.44. The summed E-state index contributed by atoms with van der Waals surface area (Å²) in [6, 6.07) is 49.3. The van der Waals surface area contributed by atoms with Crippen LogP contribution in [-0.4, -0.2) is 32.8 Å². The van der Waals surface area contributed by atoms with Crippen molar-refractivity contribution >= 4 is 50.8 Å². The van der Waals surface area contributed by atoms with Crippen molar-refractivity contribution in [3.8, 4) is 39.5 Å². The molecule has 7 heteroatoms. The van der Waals surface area contributed by atoms with Gasteiger partial charge in [-0.05, 0) is 77.4 Å². The molecule has 0 aliphatic heterocycles. The van der Waals surface area contributed by atoms with Crippen LogP contribution in [0.25, 0.3) is 72.6 Å². The molecule has 1 aliphatic carbocycles. The van der Waals surface area contributed by atoms with E-state index in [4.69, 9.17) is 14.4 Å². The first-order chi connectivity index (χ1) is 30.5. The number of imidazole rings is 1. The molecular weight excluding hydrogens is 1020 g/mol. The molecule has 1 fully saturated rings. The normalized spacial score (nSPS) is 13.4. The van der Waals surface area contributed by atoms with E-state index in [9.17, 15) is 0 Å². The van der Waals surface area contributed by atoms with Gasteiger partial charge in [0.2, 0.25) is 5.71 Å². The Hall–Kier alpha value is -5.14. The van der Waals surface area contributed by atoms with Crippen LogP contribution in [0.15, 0.2) is 132 Å². The molecule has 64 heavy (non-hydrogen) atoms. The van der Waals surface area contributed by atoms with E-state index in [0.29, 0.717) is 17.5 Å². The molecule has 10 rings (SSSR count). The van der Waals surface area contributed by atoms with Gasteiger partial charge < -0.3 is 8.98 Å². The van der Waals surface area contributed by atoms with Gasteiger partial charge in [0.25, 0.3) is 0 Å². The third kappa shape index (κ3) is 9.07. The molecule has 1 aliphatic rings. The molecule has 1 saturated carbocycles. The van der Waals surface area contributed by atoms with E-state index in [-0.39, 0.29) is 20.1 Å². The Kier molecular flexibility index (Phi) is 13.6. The van der Waals surface area contributed by atoms with Crippen LogP contribution in [0.3, 0.4) is 0 Å². The molecule has 9 aromatic rings. The molecule has 0 unspecified atom stereocenters. The van der Waals surface area contributed by atoms with Gasteiger partial charge >= 0.3 is 137 Å². The number of pyridine rings is 2. The quantitative estimate of drug-likeness (QED) is 0.112. The molecule has 0 atom stereocenters. The summed E-state index contributed by atoms with van der Waals surface area (Å²) in [4.78, 5) is 14.7. The maximum Gasteiger partial charge on any atom is 0 e. The molecule has 0 N–H and O–H groups in total. The fourth-order valence-electron chi connectivity index (χ4n) is 9.47. The number of hydrogen-bond acceptors (Lipinski definition) is 4. The number of aryl methyl sites for hydroxylation is 1. The van der Waals surface area contributed by atoms with Gasteiger partial charge in [-0.25, -0.2) is 4.98 Å². The number of furan rings is 1. The van der Waals surface area contributed by atoms with Gasteiger partial charge in [-0.1, -0.05) is 81.1 Å². The SMILES string of the molecule is Cc1ccc2c(n1)oc1c(-c3nc4ccccc4n3-c3c(C(C)C)cc(-c4ccccc4)cc3C(C)C)[c-]ccc12.[CH3][Ge]([CH3])([CH3])[c]1cnc(-c2[c-]cccc2)cc1C1CCCCC1.[Ir]. The van der Waals surface area contributed by atoms with Crippen molar-refractivity contribution in [3.05, 3.63) is 162 Å². The Balaban J connectivity index is 0.000000206. The fourth-order valence-corrected chi connectivity index (χ4v) is 12.8. The van der Waals surface area contributed by atoms with Gasteiger partial charge in [0, 0.05) is 36.9 Å². The second-order valence-corrected chi connectivity index (χ2v) is 29.5. The first-order valence-corrected chi connectivity index (χ1v) is 30.2. The molecule has 1 radical (unpaired) electrons. The van der Waals surface area contributed by atoms with E-state index < -0.39 is 13.3 Å². The molecule has 4 aromatic heterocycles. The number of fused-ring (bicyclic) bond motifs is 4. The number of benzene rings is 5. The largest absolute Gasteiger partial charge is 0 e. The Morgan fingerprint density at radius 2 is 1.41 bits per heavy atom. The molecule has 0 bridgehead atoms. The minimum atomic E-state index is -1.89. The van der Waals surface area contributed by atoms with Gasteiger partial charge in [-0.2, -0.15) is 0 Å². The molecule has 0 saturated heterocycles. The zero-order valence-corrected chi connectivity index (χ0v) is 42.9. The van der Waals surface area contributed by atoms with E-state index in [1.807, 2.05) is 37.3 Å². The third-order valence-corrected chi connectivity index (χ3v) is 17.0. The summed E-state index contributed by atoms with van der Waals surface area (Å²) in [5.41, 5.74) is 15.2. The molecule has 0 amide bonds. The molecule has 4 heterocycles. The van der Waals surface area contributed by atoms with Crippen LogP contribution in [0.5, 0.6) is 0 Å². The number of hydrogen-bond donors (Lipinski definition) is 0. The van der Waals surface area contributed by atoms with Crippen molar-refractivity contribution in [3.63, 3.8) is 0 Å². The molecule has 5 aromatic carbocycles. The Morgan fingerprint density at radius 1 is 0.703 bits per heavy atom. The van der Waals surface area contributed by atoms with E-state index in [1.165, 1.54) is 60.0 Å². The minimum absolute atomic E-state index is 0. The monoisotopic (exact) mass is 1080 g/mol. The summed E-state index contributed by atoms with van der Waals surface area (Å²) in [6.45, 7) is 11.1. The van der Waals surface area contributed by atoms with Crippen molar-refractivity contribution in [1.82, 2.24) is 19.5 Å². The van der Waals surface area contributed by atoms with Crippen LogP contribution >= 0.6 is 0 Å². The maximum absolute atomic E-state index is 6.44. The third-order valence-electron chi connectivity index (χ3n) is 12.7. The first-order valence-electron chi connectivity index (χ1n) is 22.9. The first kappa shape index (κ1) is 45.4. The van der Waals surface area contributed by atoms with Crippen molar-refractivity contribution in [1.29, 1.82) is 0 Å². The molecule has 327 valence electrons. The van der Waals surface area contributed by atoms with Crippen LogP contribution in [0, 0.1) is 19.1 Å². The summed E-state index contributed by atoms with van der Waals surface area (Å²) in [5.74, 6) is 9.60. The van der Waals surface area contributed by atoms with E-state index in [1.54, 1.807) is 9.96 Å². The van der Waals surface area contributed by atoms with Crippen LogP contribution in [0.2, 0.25) is 17.3 Å². The second kappa shape index (κ2) is 19.1. The number of rotatable bonds is 8. The topological polar surface area (TPSA) is 56.7 Å². The number of nitrogens with zero attached hydrogens (tertiary/aromatic N) is 4. The standard InChI is InChI=1S/C37H32N3O.C20H26GeN.Ir/c1-22(2)30-20-26(25-12-7-6-8-13-25)21-31(23(3)4)34(30)40-33-17-10-9-16-32(33)39-36(40)29-15-11-14-27-28-19-18-24(5)38-37(28)41-35(27)29;1-21(2,3)19-15-22-20(17-12-8-5-9-13-17)14-18(19)16-10-6-4-7-11-16;/h6-14,16-23H,1-5H3;5,8-9,12,14-16H,4,6-7,10-11H2,1-3H3;/q2*-1;. The van der Waals surface area contributed by atoms with Gasteiger partial charge in [0.15, 0.2) is 0 Å².